The van der Waals surface area contributed by atoms with E-state index < -0.39 is 10.0 Å². The lowest BCUT2D eigenvalue weighted by Crippen LogP contribution is -2.66. The molecule has 0 aromatic carbocycles. The number of hydrogen-bond donors (Lipinski definition) is 2. The molecule has 0 spiro atoms. The zero-order valence-corrected chi connectivity index (χ0v) is 13.9. The van der Waals surface area contributed by atoms with Gasteiger partial charge in [-0.25, -0.2) is 13.1 Å². The summed E-state index contributed by atoms with van der Waals surface area (Å²) in [6.07, 6.45) is 5.02. The summed E-state index contributed by atoms with van der Waals surface area (Å²) in [6, 6.07) is 0.381. The third kappa shape index (κ3) is 3.14. The average Bonchev–Trinajstić information content (AvgIpc) is 2.79. The highest BCUT2D eigenvalue weighted by Crippen LogP contribution is 2.51. The van der Waals surface area contributed by atoms with Crippen molar-refractivity contribution >= 4 is 10.0 Å². The summed E-state index contributed by atoms with van der Waals surface area (Å²) >= 11 is 0. The molecule has 1 saturated heterocycles. The van der Waals surface area contributed by atoms with Crippen molar-refractivity contribution in [2.24, 2.45) is 17.3 Å². The van der Waals surface area contributed by atoms with Crippen molar-refractivity contribution in [2.75, 3.05) is 25.4 Å². The number of sulfonamides is 1. The van der Waals surface area contributed by atoms with Crippen LogP contribution in [-0.4, -0.2) is 46.0 Å². The Kier molecular flexibility index (Phi) is 4.34. The minimum absolute atomic E-state index is 0.115. The van der Waals surface area contributed by atoms with Gasteiger partial charge in [0.1, 0.15) is 0 Å². The van der Waals surface area contributed by atoms with Gasteiger partial charge in [-0.2, -0.15) is 0 Å². The quantitative estimate of drug-likeness (QED) is 0.738. The molecule has 3 fully saturated rings. The molecule has 2 aliphatic carbocycles. The van der Waals surface area contributed by atoms with Crippen LogP contribution < -0.4 is 10.0 Å². The van der Waals surface area contributed by atoms with Crippen LogP contribution in [0.15, 0.2) is 0 Å². The van der Waals surface area contributed by atoms with Gasteiger partial charge in [0, 0.05) is 37.1 Å². The van der Waals surface area contributed by atoms with Gasteiger partial charge in [-0.3, -0.25) is 0 Å². The molecule has 0 unspecified atom stereocenters. The van der Waals surface area contributed by atoms with Crippen molar-refractivity contribution in [3.8, 4) is 0 Å². The predicted molar refractivity (Wildman–Crippen MR) is 82.5 cm³/mol. The molecule has 5 nitrogen and oxygen atoms in total. The van der Waals surface area contributed by atoms with Gasteiger partial charge >= 0.3 is 0 Å². The maximum absolute atomic E-state index is 12.0. The van der Waals surface area contributed by atoms with Gasteiger partial charge in [0.15, 0.2) is 0 Å². The van der Waals surface area contributed by atoms with Gasteiger partial charge in [0.25, 0.3) is 0 Å². The molecule has 1 heterocycles. The second-order valence-corrected chi connectivity index (χ2v) is 9.39. The number of nitrogens with one attached hydrogen (secondary N) is 2. The minimum atomic E-state index is -3.14. The smallest absolute Gasteiger partial charge is 0.212 e. The van der Waals surface area contributed by atoms with E-state index in [0.717, 1.165) is 13.0 Å². The Morgan fingerprint density at radius 3 is 2.67 bits per heavy atom. The Morgan fingerprint density at radius 2 is 2.00 bits per heavy atom. The Labute approximate surface area is 128 Å². The zero-order valence-electron chi connectivity index (χ0n) is 13.1. The monoisotopic (exact) mass is 316 g/mol. The largest absolute Gasteiger partial charge is 0.377 e. The third-order valence-corrected chi connectivity index (χ3v) is 7.00. The summed E-state index contributed by atoms with van der Waals surface area (Å²) in [5.74, 6) is 1.30. The first-order valence-electron chi connectivity index (χ1n) is 8.22. The van der Waals surface area contributed by atoms with Gasteiger partial charge in [0.2, 0.25) is 10.0 Å². The van der Waals surface area contributed by atoms with Gasteiger partial charge in [0.05, 0.1) is 11.9 Å². The van der Waals surface area contributed by atoms with Gasteiger partial charge in [-0.1, -0.05) is 20.3 Å². The highest BCUT2D eigenvalue weighted by atomic mass is 32.2. The van der Waals surface area contributed by atoms with Crippen LogP contribution in [0.5, 0.6) is 0 Å². The Hall–Kier alpha value is -0.170. The SMILES string of the molecule is CC1(C)[C@H](NCCS(=O)(=O)NCC2CCC2)[C@H]2CCO[C@H]21. The molecule has 0 bridgehead atoms. The normalized spacial score (nSPS) is 35.0. The van der Waals surface area contributed by atoms with Crippen molar-refractivity contribution < 1.29 is 13.2 Å². The summed E-state index contributed by atoms with van der Waals surface area (Å²) in [4.78, 5) is 0. The van der Waals surface area contributed by atoms with Crippen molar-refractivity contribution in [3.05, 3.63) is 0 Å². The molecular formula is C15H28N2O3S. The third-order valence-electron chi connectivity index (χ3n) is 5.65. The van der Waals surface area contributed by atoms with Crippen LogP contribution in [0.2, 0.25) is 0 Å². The topological polar surface area (TPSA) is 67.4 Å². The predicted octanol–water partition coefficient (Wildman–Crippen LogP) is 1.11. The molecule has 6 heteroatoms. The lowest BCUT2D eigenvalue weighted by atomic mass is 9.57. The molecule has 0 aromatic heterocycles. The summed E-state index contributed by atoms with van der Waals surface area (Å²) in [7, 11) is -3.14. The van der Waals surface area contributed by atoms with Crippen LogP contribution in [0.3, 0.4) is 0 Å². The van der Waals surface area contributed by atoms with Crippen LogP contribution in [0.25, 0.3) is 0 Å². The summed E-state index contributed by atoms with van der Waals surface area (Å²) in [6.45, 7) is 6.41. The molecule has 0 aromatic rings. The van der Waals surface area contributed by atoms with E-state index >= 15 is 0 Å². The van der Waals surface area contributed by atoms with Gasteiger partial charge in [-0.15, -0.1) is 0 Å². The minimum Gasteiger partial charge on any atom is -0.377 e. The molecular weight excluding hydrogens is 288 g/mol. The number of rotatable bonds is 7. The van der Waals surface area contributed by atoms with Crippen LogP contribution in [0.1, 0.15) is 39.5 Å². The maximum atomic E-state index is 12.0. The van der Waals surface area contributed by atoms with E-state index in [-0.39, 0.29) is 11.2 Å². The second kappa shape index (κ2) is 5.80. The highest BCUT2D eigenvalue weighted by molar-refractivity contribution is 7.89. The zero-order chi connectivity index (χ0) is 15.1. The Balaban J connectivity index is 1.41. The first-order valence-corrected chi connectivity index (χ1v) is 9.88. The molecule has 3 rings (SSSR count). The first-order chi connectivity index (χ1) is 9.90. The Morgan fingerprint density at radius 1 is 1.24 bits per heavy atom. The van der Waals surface area contributed by atoms with E-state index in [1.54, 1.807) is 0 Å². The van der Waals surface area contributed by atoms with Crippen molar-refractivity contribution in [2.45, 2.75) is 51.7 Å². The van der Waals surface area contributed by atoms with E-state index in [1.807, 2.05) is 0 Å². The first kappa shape index (κ1) is 15.7. The molecule has 122 valence electrons. The van der Waals surface area contributed by atoms with E-state index in [9.17, 15) is 8.42 Å². The number of ether oxygens (including phenoxy) is 1. The summed E-state index contributed by atoms with van der Waals surface area (Å²) in [5, 5.41) is 3.45. The Bertz CT molecular complexity index is 473. The fourth-order valence-corrected chi connectivity index (χ4v) is 5.12. The van der Waals surface area contributed by atoms with E-state index in [1.165, 1.54) is 19.3 Å². The molecule has 3 atom stereocenters. The molecule has 2 N–H and O–H groups in total. The molecule has 0 radical (unpaired) electrons. The van der Waals surface area contributed by atoms with Crippen molar-refractivity contribution in [1.29, 1.82) is 0 Å². The average molecular weight is 316 g/mol. The summed E-state index contributed by atoms with van der Waals surface area (Å²) < 4.78 is 32.5. The molecule has 0 amide bonds. The van der Waals surface area contributed by atoms with E-state index in [2.05, 4.69) is 23.9 Å². The fraction of sp³-hybridized carbons (Fsp3) is 1.00. The van der Waals surface area contributed by atoms with Crippen LogP contribution in [0, 0.1) is 17.3 Å². The van der Waals surface area contributed by atoms with Gasteiger partial charge in [-0.05, 0) is 25.2 Å². The summed E-state index contributed by atoms with van der Waals surface area (Å²) in [5.41, 5.74) is 0.115. The van der Waals surface area contributed by atoms with E-state index in [0.29, 0.717) is 37.1 Å². The number of fused-ring (bicyclic) bond motifs is 1. The lowest BCUT2D eigenvalue weighted by Gasteiger charge is -2.55. The van der Waals surface area contributed by atoms with Crippen LogP contribution in [0.4, 0.5) is 0 Å². The van der Waals surface area contributed by atoms with Crippen LogP contribution >= 0.6 is 0 Å². The highest BCUT2D eigenvalue weighted by Gasteiger charge is 2.58. The maximum Gasteiger partial charge on any atom is 0.212 e. The number of hydrogen-bond acceptors (Lipinski definition) is 4. The van der Waals surface area contributed by atoms with Crippen LogP contribution in [-0.2, 0) is 14.8 Å². The van der Waals surface area contributed by atoms with Crippen molar-refractivity contribution in [1.82, 2.24) is 10.0 Å². The van der Waals surface area contributed by atoms with E-state index in [4.69, 9.17) is 4.74 Å². The second-order valence-electron chi connectivity index (χ2n) is 7.46. The molecule has 2 saturated carbocycles. The molecule has 21 heavy (non-hydrogen) atoms. The lowest BCUT2D eigenvalue weighted by molar-refractivity contribution is -0.111. The fourth-order valence-electron chi connectivity index (χ4n) is 4.10. The van der Waals surface area contributed by atoms with Gasteiger partial charge < -0.3 is 10.1 Å². The standard InChI is InChI=1S/C15H28N2O3S/c1-15(2)13(12-6-8-20-14(12)15)16-7-9-21(18,19)17-10-11-4-3-5-11/h11-14,16-17H,3-10H2,1-2H3/t12-,13-,14-/m1/s1. The molecule has 3 aliphatic rings. The molecule has 1 aliphatic heterocycles. The van der Waals surface area contributed by atoms with Crippen molar-refractivity contribution in [3.63, 3.8) is 0 Å².